The third-order valence-electron chi connectivity index (χ3n) is 3.85. The predicted octanol–water partition coefficient (Wildman–Crippen LogP) is 2.57. The number of tetrazole rings is 1. The summed E-state index contributed by atoms with van der Waals surface area (Å²) in [7, 11) is 1.63. The molecular weight excluding hydrogens is 354 g/mol. The Morgan fingerprint density at radius 1 is 1.15 bits per heavy atom. The summed E-state index contributed by atoms with van der Waals surface area (Å²) in [4.78, 5) is 12.1. The van der Waals surface area contributed by atoms with Crippen LogP contribution in [0.25, 0.3) is 5.69 Å². The van der Waals surface area contributed by atoms with Crippen LogP contribution in [-0.4, -0.2) is 33.2 Å². The van der Waals surface area contributed by atoms with Gasteiger partial charge in [-0.2, -0.15) is 4.68 Å². The summed E-state index contributed by atoms with van der Waals surface area (Å²) in [6.07, 6.45) is 1.03. The van der Waals surface area contributed by atoms with E-state index in [2.05, 4.69) is 20.8 Å². The second-order valence-electron chi connectivity index (χ2n) is 5.61. The molecule has 0 aliphatic carbocycles. The second kappa shape index (κ2) is 8.44. The third-order valence-corrected chi connectivity index (χ3v) is 4.10. The lowest BCUT2D eigenvalue weighted by molar-refractivity contribution is -0.121. The molecule has 3 aromatic rings. The number of carbonyl (C=O) groups excluding carboxylic acids is 1. The van der Waals surface area contributed by atoms with Gasteiger partial charge in [0.25, 0.3) is 0 Å². The first kappa shape index (κ1) is 17.9. The standard InChI is InChI=1S/C18H18ClN5O2/c1-26-16-9-2-13(3-10-16)4-11-18(25)20-12-17-21-22-23-24(17)15-7-5-14(19)6-8-15/h2-3,5-10H,4,11-12H2,1H3,(H,20,25). The summed E-state index contributed by atoms with van der Waals surface area (Å²) in [5.41, 5.74) is 1.86. The smallest absolute Gasteiger partial charge is 0.220 e. The van der Waals surface area contributed by atoms with E-state index in [0.717, 1.165) is 17.0 Å². The van der Waals surface area contributed by atoms with Crippen LogP contribution in [-0.2, 0) is 17.8 Å². The van der Waals surface area contributed by atoms with Crippen LogP contribution in [0.1, 0.15) is 17.8 Å². The van der Waals surface area contributed by atoms with E-state index < -0.39 is 0 Å². The Balaban J connectivity index is 1.53. The number of nitrogens with one attached hydrogen (secondary N) is 1. The van der Waals surface area contributed by atoms with Crippen molar-refractivity contribution in [1.82, 2.24) is 25.5 Å². The number of carbonyl (C=O) groups is 1. The van der Waals surface area contributed by atoms with E-state index in [9.17, 15) is 4.79 Å². The second-order valence-corrected chi connectivity index (χ2v) is 6.04. The van der Waals surface area contributed by atoms with Crippen molar-refractivity contribution in [2.75, 3.05) is 7.11 Å². The zero-order chi connectivity index (χ0) is 18.4. The Morgan fingerprint density at radius 3 is 2.58 bits per heavy atom. The van der Waals surface area contributed by atoms with Crippen LogP contribution >= 0.6 is 11.6 Å². The quantitative estimate of drug-likeness (QED) is 0.690. The summed E-state index contributed by atoms with van der Waals surface area (Å²) in [6, 6.07) is 14.8. The molecule has 1 N–H and O–H groups in total. The molecule has 0 atom stereocenters. The number of halogens is 1. The van der Waals surface area contributed by atoms with Crippen LogP contribution in [0.15, 0.2) is 48.5 Å². The molecule has 0 radical (unpaired) electrons. The average molecular weight is 372 g/mol. The van der Waals surface area contributed by atoms with Gasteiger partial charge in [-0.3, -0.25) is 4.79 Å². The predicted molar refractivity (Wildman–Crippen MR) is 97.3 cm³/mol. The van der Waals surface area contributed by atoms with Crippen molar-refractivity contribution in [3.8, 4) is 11.4 Å². The lowest BCUT2D eigenvalue weighted by Crippen LogP contribution is -2.25. The Kier molecular flexibility index (Phi) is 5.80. The first-order valence-electron chi connectivity index (χ1n) is 8.08. The lowest BCUT2D eigenvalue weighted by Gasteiger charge is -2.07. The summed E-state index contributed by atoms with van der Waals surface area (Å²) >= 11 is 5.89. The molecule has 26 heavy (non-hydrogen) atoms. The van der Waals surface area contributed by atoms with Crippen molar-refractivity contribution >= 4 is 17.5 Å². The Bertz CT molecular complexity index is 862. The number of ether oxygens (including phenoxy) is 1. The molecule has 1 aromatic heterocycles. The van der Waals surface area contributed by atoms with E-state index in [-0.39, 0.29) is 12.5 Å². The molecular formula is C18H18ClN5O2. The molecule has 1 amide bonds. The molecule has 0 unspecified atom stereocenters. The van der Waals surface area contributed by atoms with Gasteiger partial charge in [0, 0.05) is 11.4 Å². The maximum Gasteiger partial charge on any atom is 0.220 e. The van der Waals surface area contributed by atoms with Crippen molar-refractivity contribution in [1.29, 1.82) is 0 Å². The minimum atomic E-state index is -0.0634. The molecule has 0 fully saturated rings. The highest BCUT2D eigenvalue weighted by Gasteiger charge is 2.10. The highest BCUT2D eigenvalue weighted by Crippen LogP contribution is 2.14. The van der Waals surface area contributed by atoms with E-state index in [1.807, 2.05) is 36.4 Å². The van der Waals surface area contributed by atoms with Gasteiger partial charge in [0.15, 0.2) is 5.82 Å². The Hall–Kier alpha value is -2.93. The van der Waals surface area contributed by atoms with Crippen LogP contribution in [0.3, 0.4) is 0 Å². The van der Waals surface area contributed by atoms with Gasteiger partial charge in [-0.25, -0.2) is 0 Å². The SMILES string of the molecule is COc1ccc(CCC(=O)NCc2nnnn2-c2ccc(Cl)cc2)cc1. The normalized spacial score (nSPS) is 10.5. The minimum Gasteiger partial charge on any atom is -0.497 e. The number of methoxy groups -OCH3 is 1. The first-order chi connectivity index (χ1) is 12.7. The number of aryl methyl sites for hydroxylation is 1. The molecule has 0 aliphatic heterocycles. The van der Waals surface area contributed by atoms with Crippen molar-refractivity contribution < 1.29 is 9.53 Å². The van der Waals surface area contributed by atoms with E-state index in [1.165, 1.54) is 0 Å². The first-order valence-corrected chi connectivity index (χ1v) is 8.46. The molecule has 7 nitrogen and oxygen atoms in total. The van der Waals surface area contributed by atoms with Crippen molar-refractivity contribution in [2.24, 2.45) is 0 Å². The minimum absolute atomic E-state index is 0.0634. The van der Waals surface area contributed by atoms with E-state index >= 15 is 0 Å². The van der Waals surface area contributed by atoms with Gasteiger partial charge >= 0.3 is 0 Å². The fraction of sp³-hybridized carbons (Fsp3) is 0.222. The monoisotopic (exact) mass is 371 g/mol. The van der Waals surface area contributed by atoms with Gasteiger partial charge in [0.05, 0.1) is 19.3 Å². The van der Waals surface area contributed by atoms with Gasteiger partial charge in [-0.15, -0.1) is 5.10 Å². The molecule has 0 saturated heterocycles. The van der Waals surface area contributed by atoms with Crippen molar-refractivity contribution in [2.45, 2.75) is 19.4 Å². The summed E-state index contributed by atoms with van der Waals surface area (Å²) in [6.45, 7) is 0.247. The highest BCUT2D eigenvalue weighted by atomic mass is 35.5. The number of nitrogens with zero attached hydrogens (tertiary/aromatic N) is 4. The fourth-order valence-corrected chi connectivity index (χ4v) is 2.54. The number of rotatable bonds is 7. The van der Waals surface area contributed by atoms with Crippen molar-refractivity contribution in [3.05, 3.63) is 64.9 Å². The van der Waals surface area contributed by atoms with Gasteiger partial charge in [-0.05, 0) is 58.8 Å². The van der Waals surface area contributed by atoms with E-state index in [0.29, 0.717) is 23.7 Å². The van der Waals surface area contributed by atoms with Crippen molar-refractivity contribution in [3.63, 3.8) is 0 Å². The van der Waals surface area contributed by atoms with Crippen LogP contribution in [0.4, 0.5) is 0 Å². The Labute approximate surface area is 155 Å². The van der Waals surface area contributed by atoms with Crippen LogP contribution in [0.5, 0.6) is 5.75 Å². The maximum absolute atomic E-state index is 12.1. The van der Waals surface area contributed by atoms with Gasteiger partial charge in [-0.1, -0.05) is 23.7 Å². The summed E-state index contributed by atoms with van der Waals surface area (Å²) < 4.78 is 6.69. The molecule has 134 valence electrons. The molecule has 3 rings (SSSR count). The molecule has 0 aliphatic rings. The van der Waals surface area contributed by atoms with Crippen LogP contribution in [0, 0.1) is 0 Å². The van der Waals surface area contributed by atoms with Crippen LogP contribution in [0.2, 0.25) is 5.02 Å². The molecule has 8 heteroatoms. The van der Waals surface area contributed by atoms with E-state index in [1.54, 1.807) is 23.9 Å². The summed E-state index contributed by atoms with van der Waals surface area (Å²) in [5.74, 6) is 1.28. The number of amides is 1. The number of benzene rings is 2. The zero-order valence-corrected chi connectivity index (χ0v) is 15.0. The number of hydrogen-bond donors (Lipinski definition) is 1. The van der Waals surface area contributed by atoms with E-state index in [4.69, 9.17) is 16.3 Å². The highest BCUT2D eigenvalue weighted by molar-refractivity contribution is 6.30. The van der Waals surface area contributed by atoms with Gasteiger partial charge in [0.1, 0.15) is 5.75 Å². The average Bonchev–Trinajstić information content (AvgIpc) is 3.14. The third kappa shape index (κ3) is 4.58. The number of aromatic nitrogens is 4. The zero-order valence-electron chi connectivity index (χ0n) is 14.2. The summed E-state index contributed by atoms with van der Waals surface area (Å²) in [5, 5.41) is 15.1. The molecule has 2 aromatic carbocycles. The lowest BCUT2D eigenvalue weighted by atomic mass is 10.1. The van der Waals surface area contributed by atoms with Gasteiger partial charge in [0.2, 0.25) is 5.91 Å². The molecule has 1 heterocycles. The fourth-order valence-electron chi connectivity index (χ4n) is 2.41. The molecule has 0 saturated carbocycles. The Morgan fingerprint density at radius 2 is 1.88 bits per heavy atom. The molecule has 0 spiro atoms. The number of hydrogen-bond acceptors (Lipinski definition) is 5. The largest absolute Gasteiger partial charge is 0.497 e. The maximum atomic E-state index is 12.1. The van der Waals surface area contributed by atoms with Crippen LogP contribution < -0.4 is 10.1 Å². The van der Waals surface area contributed by atoms with Gasteiger partial charge < -0.3 is 10.1 Å². The topological polar surface area (TPSA) is 81.9 Å². The molecule has 0 bridgehead atoms.